The van der Waals surface area contributed by atoms with Crippen LogP contribution in [0.4, 0.5) is 24.8 Å². The van der Waals surface area contributed by atoms with Crippen LogP contribution in [0, 0.1) is 13.8 Å². The number of aliphatic hydroxyl groups is 1. The van der Waals surface area contributed by atoms with Crippen LogP contribution in [-0.4, -0.2) is 55.8 Å². The molecule has 12 heteroatoms. The van der Waals surface area contributed by atoms with Gasteiger partial charge < -0.3 is 15.3 Å². The molecule has 0 radical (unpaired) electrons. The van der Waals surface area contributed by atoms with Crippen LogP contribution in [-0.2, 0) is 16.2 Å². The fourth-order valence-electron chi connectivity index (χ4n) is 4.20. The number of rotatable bonds is 6. The summed E-state index contributed by atoms with van der Waals surface area (Å²) < 4.78 is 69.9. The van der Waals surface area contributed by atoms with Crippen LogP contribution in [0.25, 0.3) is 11.3 Å². The number of piperazine rings is 1. The minimum atomic E-state index is -4.68. The van der Waals surface area contributed by atoms with Gasteiger partial charge in [-0.05, 0) is 49.2 Å². The van der Waals surface area contributed by atoms with E-state index in [9.17, 15) is 26.7 Å². The molecule has 0 saturated carbocycles. The van der Waals surface area contributed by atoms with Crippen molar-refractivity contribution in [1.82, 2.24) is 15.3 Å². The molecule has 192 valence electrons. The summed E-state index contributed by atoms with van der Waals surface area (Å²) in [6.07, 6.45) is -4.68. The fraction of sp³-hybridized carbons (Fsp3) is 0.333. The molecule has 1 atom stereocenters. The number of benzene rings is 1. The number of sulfonamides is 1. The minimum Gasteiger partial charge on any atom is -0.395 e. The van der Waals surface area contributed by atoms with Crippen LogP contribution in [0.3, 0.4) is 0 Å². The first kappa shape index (κ1) is 25.9. The molecule has 8 nitrogen and oxygen atoms in total. The number of aryl methyl sites for hydroxylation is 2. The second-order valence-electron chi connectivity index (χ2n) is 8.58. The molecule has 0 bridgehead atoms. The predicted octanol–water partition coefficient (Wildman–Crippen LogP) is 3.35. The quantitative estimate of drug-likeness (QED) is 0.457. The highest BCUT2D eigenvalue weighted by atomic mass is 32.2. The molecule has 1 aliphatic heterocycles. The smallest absolute Gasteiger partial charge is 0.395 e. The van der Waals surface area contributed by atoms with Gasteiger partial charge in [0.15, 0.2) is 5.03 Å². The van der Waals surface area contributed by atoms with Gasteiger partial charge in [0.2, 0.25) is 0 Å². The molecule has 3 N–H and O–H groups in total. The number of anilines is 2. The van der Waals surface area contributed by atoms with Crippen LogP contribution in [0.2, 0.25) is 0 Å². The molecule has 36 heavy (non-hydrogen) atoms. The van der Waals surface area contributed by atoms with E-state index in [1.807, 2.05) is 4.90 Å². The van der Waals surface area contributed by atoms with E-state index in [1.165, 1.54) is 12.1 Å². The maximum atomic E-state index is 13.8. The molecule has 1 aliphatic rings. The van der Waals surface area contributed by atoms with Crippen molar-refractivity contribution in [3.05, 3.63) is 65.2 Å². The highest BCUT2D eigenvalue weighted by Crippen LogP contribution is 2.39. The Bertz CT molecular complexity index is 1350. The summed E-state index contributed by atoms with van der Waals surface area (Å²) in [4.78, 5) is 10.2. The third kappa shape index (κ3) is 5.45. The number of aromatic nitrogens is 2. The molecule has 1 aromatic carbocycles. The van der Waals surface area contributed by atoms with E-state index in [2.05, 4.69) is 20.0 Å². The maximum Gasteiger partial charge on any atom is 0.418 e. The van der Waals surface area contributed by atoms with E-state index in [0.29, 0.717) is 42.1 Å². The molecular formula is C24H26F3N5O3S. The van der Waals surface area contributed by atoms with Gasteiger partial charge in [0.05, 0.1) is 17.9 Å². The first-order chi connectivity index (χ1) is 17.0. The molecule has 0 spiro atoms. The van der Waals surface area contributed by atoms with Crippen LogP contribution in [0.15, 0.2) is 53.6 Å². The number of nitrogens with zero attached hydrogens (tertiary/aromatic N) is 3. The van der Waals surface area contributed by atoms with Gasteiger partial charge in [-0.2, -0.15) is 21.6 Å². The monoisotopic (exact) mass is 521 g/mol. The molecule has 1 saturated heterocycles. The van der Waals surface area contributed by atoms with Gasteiger partial charge in [-0.15, -0.1) is 0 Å². The predicted molar refractivity (Wildman–Crippen MR) is 130 cm³/mol. The van der Waals surface area contributed by atoms with Crippen LogP contribution in [0.5, 0.6) is 0 Å². The zero-order valence-electron chi connectivity index (χ0n) is 19.7. The zero-order chi connectivity index (χ0) is 26.1. The lowest BCUT2D eigenvalue weighted by Gasteiger charge is -2.33. The number of hydrogen-bond acceptors (Lipinski definition) is 7. The van der Waals surface area contributed by atoms with Crippen molar-refractivity contribution in [1.29, 1.82) is 0 Å². The topological polar surface area (TPSA) is 107 Å². The van der Waals surface area contributed by atoms with Crippen LogP contribution < -0.4 is 14.9 Å². The molecule has 3 aromatic rings. The average Bonchev–Trinajstić information content (AvgIpc) is 2.83. The first-order valence-corrected chi connectivity index (χ1v) is 12.7. The first-order valence-electron chi connectivity index (χ1n) is 11.2. The fourth-order valence-corrected chi connectivity index (χ4v) is 5.16. The summed E-state index contributed by atoms with van der Waals surface area (Å²) in [5.41, 5.74) is 0.151. The Hall–Kier alpha value is -3.22. The Balaban J connectivity index is 1.69. The lowest BCUT2D eigenvalue weighted by molar-refractivity contribution is -0.137. The Morgan fingerprint density at radius 1 is 1.08 bits per heavy atom. The van der Waals surface area contributed by atoms with Crippen molar-refractivity contribution in [2.24, 2.45) is 0 Å². The number of nitrogens with one attached hydrogen (secondary N) is 2. The SMILES string of the molecule is Cc1cccc(C)c1-c1nc(NS(=O)(=O)c2cccc(N3CCN[C@@H](CO)C3)n2)ccc1C(F)(F)F. The standard InChI is InChI=1S/C24H26F3N5O3S/c1-15-5-3-6-16(2)22(15)23-18(24(25,26)27)9-10-19(29-23)31-36(34,35)21-8-4-7-20(30-21)32-12-11-28-17(13-32)14-33/h3-10,17,28,33H,11-14H2,1-2H3,(H,29,31)/t17-/m1/s1. The highest BCUT2D eigenvalue weighted by Gasteiger charge is 2.35. The molecule has 3 heterocycles. The van der Waals surface area contributed by atoms with E-state index in [-0.39, 0.29) is 29.2 Å². The molecule has 4 rings (SSSR count). The van der Waals surface area contributed by atoms with Crippen molar-refractivity contribution in [3.63, 3.8) is 0 Å². The zero-order valence-corrected chi connectivity index (χ0v) is 20.5. The van der Waals surface area contributed by atoms with Crippen molar-refractivity contribution < 1.29 is 26.7 Å². The summed E-state index contributed by atoms with van der Waals surface area (Å²) >= 11 is 0. The van der Waals surface area contributed by atoms with Crippen LogP contribution in [0.1, 0.15) is 16.7 Å². The molecule has 0 unspecified atom stereocenters. The summed E-state index contributed by atoms with van der Waals surface area (Å²) in [5, 5.41) is 12.3. The van der Waals surface area contributed by atoms with Gasteiger partial charge in [0, 0.05) is 31.2 Å². The van der Waals surface area contributed by atoms with Gasteiger partial charge in [-0.1, -0.05) is 24.3 Å². The molecule has 0 aliphatic carbocycles. The van der Waals surface area contributed by atoms with Crippen LogP contribution >= 0.6 is 0 Å². The summed E-state index contributed by atoms with van der Waals surface area (Å²) in [6, 6.07) is 11.2. The van der Waals surface area contributed by atoms with E-state index in [1.54, 1.807) is 38.1 Å². The Morgan fingerprint density at radius 3 is 2.44 bits per heavy atom. The molecule has 2 aromatic heterocycles. The third-order valence-corrected chi connectivity index (χ3v) is 7.20. The number of alkyl halides is 3. The van der Waals surface area contributed by atoms with Gasteiger partial charge in [-0.25, -0.2) is 9.97 Å². The largest absolute Gasteiger partial charge is 0.418 e. The number of aliphatic hydroxyl groups excluding tert-OH is 1. The maximum absolute atomic E-state index is 13.8. The minimum absolute atomic E-state index is 0.0711. The second-order valence-corrected chi connectivity index (χ2v) is 10.2. The lowest BCUT2D eigenvalue weighted by atomic mass is 9.96. The Morgan fingerprint density at radius 2 is 1.78 bits per heavy atom. The summed E-state index contributed by atoms with van der Waals surface area (Å²) in [5.74, 6) is 0.157. The second kappa shape index (κ2) is 10.0. The number of pyridine rings is 2. The van der Waals surface area contributed by atoms with Gasteiger partial charge in [0.1, 0.15) is 11.6 Å². The van der Waals surface area contributed by atoms with E-state index < -0.39 is 21.8 Å². The normalized spacial score (nSPS) is 16.7. The van der Waals surface area contributed by atoms with Crippen molar-refractivity contribution in [3.8, 4) is 11.3 Å². The third-order valence-electron chi connectivity index (χ3n) is 5.94. The van der Waals surface area contributed by atoms with E-state index in [0.717, 1.165) is 12.1 Å². The summed E-state index contributed by atoms with van der Waals surface area (Å²) in [6.45, 7) is 4.89. The Labute approximate surface area is 207 Å². The van der Waals surface area contributed by atoms with Crippen molar-refractivity contribution in [2.45, 2.75) is 31.1 Å². The van der Waals surface area contributed by atoms with E-state index in [4.69, 9.17) is 0 Å². The highest BCUT2D eigenvalue weighted by molar-refractivity contribution is 7.92. The van der Waals surface area contributed by atoms with Gasteiger partial charge in [-0.3, -0.25) is 4.72 Å². The Kier molecular flexibility index (Phi) is 7.21. The molecule has 0 amide bonds. The number of halogens is 3. The van der Waals surface area contributed by atoms with E-state index >= 15 is 0 Å². The number of hydrogen-bond donors (Lipinski definition) is 3. The lowest BCUT2D eigenvalue weighted by Crippen LogP contribution is -2.52. The average molecular weight is 522 g/mol. The molecular weight excluding hydrogens is 495 g/mol. The summed E-state index contributed by atoms with van der Waals surface area (Å²) in [7, 11) is -4.26. The van der Waals surface area contributed by atoms with Crippen molar-refractivity contribution in [2.75, 3.05) is 35.9 Å². The van der Waals surface area contributed by atoms with Gasteiger partial charge >= 0.3 is 6.18 Å². The molecule has 1 fully saturated rings. The van der Waals surface area contributed by atoms with Crippen molar-refractivity contribution >= 4 is 21.7 Å². The van der Waals surface area contributed by atoms with Gasteiger partial charge in [0.25, 0.3) is 10.0 Å².